The van der Waals surface area contributed by atoms with Crippen molar-refractivity contribution in [3.63, 3.8) is 0 Å². The molecule has 0 unspecified atom stereocenters. The molecule has 0 spiro atoms. The lowest BCUT2D eigenvalue weighted by Crippen LogP contribution is -2.13. The summed E-state index contributed by atoms with van der Waals surface area (Å²) >= 11 is 0. The van der Waals surface area contributed by atoms with Gasteiger partial charge in [-0.2, -0.15) is 0 Å². The minimum Gasteiger partial charge on any atom is -0.381 e. The number of benzene rings is 1. The molecule has 0 radical (unpaired) electrons. The molecule has 1 nitrogen and oxygen atoms in total. The van der Waals surface area contributed by atoms with Crippen LogP contribution in [0.5, 0.6) is 0 Å². The number of hydrogen-bond acceptors (Lipinski definition) is 1. The fourth-order valence-corrected chi connectivity index (χ4v) is 3.60. The van der Waals surface area contributed by atoms with Crippen molar-refractivity contribution in [3.8, 4) is 0 Å². The summed E-state index contributed by atoms with van der Waals surface area (Å²) in [6.45, 7) is 4.17. The van der Waals surface area contributed by atoms with Gasteiger partial charge in [0.05, 0.1) is 0 Å². The van der Waals surface area contributed by atoms with Gasteiger partial charge in [-0.3, -0.25) is 0 Å². The zero-order valence-electron chi connectivity index (χ0n) is 15.2. The molecule has 1 aromatic rings. The second-order valence-corrected chi connectivity index (χ2v) is 7.44. The van der Waals surface area contributed by atoms with Crippen LogP contribution in [0.4, 0.5) is 0 Å². The fourth-order valence-electron chi connectivity index (χ4n) is 3.60. The molecule has 0 heterocycles. The third kappa shape index (κ3) is 8.55. The second kappa shape index (κ2) is 11.7. The van der Waals surface area contributed by atoms with E-state index < -0.39 is 0 Å². The zero-order valence-corrected chi connectivity index (χ0v) is 15.2. The van der Waals surface area contributed by atoms with Gasteiger partial charge in [0.2, 0.25) is 0 Å². The predicted octanol–water partition coefficient (Wildman–Crippen LogP) is 6.48. The van der Waals surface area contributed by atoms with Gasteiger partial charge in [-0.1, -0.05) is 74.8 Å². The van der Waals surface area contributed by atoms with Crippen LogP contribution >= 0.6 is 0 Å². The van der Waals surface area contributed by atoms with Crippen molar-refractivity contribution >= 4 is 0 Å². The van der Waals surface area contributed by atoms with Crippen LogP contribution in [0.25, 0.3) is 0 Å². The Hall–Kier alpha value is -0.820. The standard InChI is InChI=1S/C22H36O/c1-20-14-16-21(17-15-20)11-7-4-2-3-5-10-18-23-19-22-12-8-6-9-13-22/h14-17,22H,2-13,18-19H2,1H3. The Morgan fingerprint density at radius 1 is 0.826 bits per heavy atom. The minimum absolute atomic E-state index is 0.866. The Morgan fingerprint density at radius 2 is 1.48 bits per heavy atom. The molecule has 0 bridgehead atoms. The molecular formula is C22H36O. The molecule has 0 aromatic heterocycles. The number of unbranched alkanes of at least 4 members (excludes halogenated alkanes) is 5. The van der Waals surface area contributed by atoms with Crippen molar-refractivity contribution in [2.45, 2.75) is 84.0 Å². The normalized spacial score (nSPS) is 15.9. The quantitative estimate of drug-likeness (QED) is 0.425. The van der Waals surface area contributed by atoms with Gasteiger partial charge in [0.15, 0.2) is 0 Å². The fraction of sp³-hybridized carbons (Fsp3) is 0.727. The largest absolute Gasteiger partial charge is 0.381 e. The monoisotopic (exact) mass is 316 g/mol. The highest BCUT2D eigenvalue weighted by Gasteiger charge is 2.12. The SMILES string of the molecule is Cc1ccc(CCCCCCCCOCC2CCCCC2)cc1. The molecule has 1 saturated carbocycles. The molecular weight excluding hydrogens is 280 g/mol. The van der Waals surface area contributed by atoms with Crippen LogP contribution < -0.4 is 0 Å². The van der Waals surface area contributed by atoms with Gasteiger partial charge in [0.25, 0.3) is 0 Å². The average Bonchev–Trinajstić information content (AvgIpc) is 2.59. The Bertz CT molecular complexity index is 389. The molecule has 1 aromatic carbocycles. The van der Waals surface area contributed by atoms with Crippen molar-refractivity contribution in [3.05, 3.63) is 35.4 Å². The van der Waals surface area contributed by atoms with E-state index in [9.17, 15) is 0 Å². The topological polar surface area (TPSA) is 9.23 Å². The lowest BCUT2D eigenvalue weighted by molar-refractivity contribution is 0.0824. The van der Waals surface area contributed by atoms with Crippen LogP contribution in [0, 0.1) is 12.8 Å². The molecule has 0 aliphatic heterocycles. The van der Waals surface area contributed by atoms with E-state index in [0.29, 0.717) is 0 Å². The van der Waals surface area contributed by atoms with E-state index in [1.165, 1.54) is 88.2 Å². The van der Waals surface area contributed by atoms with Crippen LogP contribution in [0.15, 0.2) is 24.3 Å². The summed E-state index contributed by atoms with van der Waals surface area (Å²) in [4.78, 5) is 0. The predicted molar refractivity (Wildman–Crippen MR) is 100.0 cm³/mol. The Labute approximate surface area is 143 Å². The molecule has 0 N–H and O–H groups in total. The van der Waals surface area contributed by atoms with E-state index >= 15 is 0 Å². The first kappa shape index (κ1) is 18.5. The van der Waals surface area contributed by atoms with Gasteiger partial charge in [-0.25, -0.2) is 0 Å². The van der Waals surface area contributed by atoms with Gasteiger partial charge in [0.1, 0.15) is 0 Å². The third-order valence-corrected chi connectivity index (χ3v) is 5.20. The summed E-state index contributed by atoms with van der Waals surface area (Å²) in [5, 5.41) is 0. The summed E-state index contributed by atoms with van der Waals surface area (Å²) in [5.41, 5.74) is 2.85. The van der Waals surface area contributed by atoms with Crippen molar-refractivity contribution < 1.29 is 4.74 Å². The molecule has 23 heavy (non-hydrogen) atoms. The summed E-state index contributed by atoms with van der Waals surface area (Å²) in [7, 11) is 0. The summed E-state index contributed by atoms with van der Waals surface area (Å²) in [6.07, 6.45) is 16.4. The lowest BCUT2D eigenvalue weighted by Gasteiger charge is -2.21. The van der Waals surface area contributed by atoms with Gasteiger partial charge in [0, 0.05) is 13.2 Å². The van der Waals surface area contributed by atoms with Gasteiger partial charge in [-0.05, 0) is 50.5 Å². The first-order valence-electron chi connectivity index (χ1n) is 9.98. The highest BCUT2D eigenvalue weighted by Crippen LogP contribution is 2.23. The number of rotatable bonds is 11. The Kier molecular flexibility index (Phi) is 9.40. The van der Waals surface area contributed by atoms with E-state index in [4.69, 9.17) is 4.74 Å². The first-order chi connectivity index (χ1) is 11.3. The molecule has 1 heteroatoms. The molecule has 1 aliphatic carbocycles. The van der Waals surface area contributed by atoms with Crippen LogP contribution in [0.2, 0.25) is 0 Å². The maximum absolute atomic E-state index is 5.87. The second-order valence-electron chi connectivity index (χ2n) is 7.44. The molecule has 2 rings (SSSR count). The van der Waals surface area contributed by atoms with Crippen molar-refractivity contribution in [1.82, 2.24) is 0 Å². The summed E-state index contributed by atoms with van der Waals surface area (Å²) in [5.74, 6) is 0.866. The van der Waals surface area contributed by atoms with Crippen LogP contribution in [0.3, 0.4) is 0 Å². The van der Waals surface area contributed by atoms with E-state index in [1.54, 1.807) is 0 Å². The maximum atomic E-state index is 5.87. The number of hydrogen-bond donors (Lipinski definition) is 0. The average molecular weight is 317 g/mol. The summed E-state index contributed by atoms with van der Waals surface area (Å²) < 4.78 is 5.87. The Morgan fingerprint density at radius 3 is 2.22 bits per heavy atom. The van der Waals surface area contributed by atoms with Crippen LogP contribution in [-0.2, 0) is 11.2 Å². The van der Waals surface area contributed by atoms with Gasteiger partial charge >= 0.3 is 0 Å². The summed E-state index contributed by atoms with van der Waals surface area (Å²) in [6, 6.07) is 9.00. The molecule has 1 aliphatic rings. The van der Waals surface area contributed by atoms with Crippen molar-refractivity contribution in [1.29, 1.82) is 0 Å². The smallest absolute Gasteiger partial charge is 0.0494 e. The molecule has 0 saturated heterocycles. The number of aryl methyl sites for hydroxylation is 2. The lowest BCUT2D eigenvalue weighted by atomic mass is 9.90. The van der Waals surface area contributed by atoms with E-state index in [2.05, 4.69) is 31.2 Å². The maximum Gasteiger partial charge on any atom is 0.0494 e. The van der Waals surface area contributed by atoms with Crippen LogP contribution in [-0.4, -0.2) is 13.2 Å². The Balaban J connectivity index is 1.34. The highest BCUT2D eigenvalue weighted by atomic mass is 16.5. The van der Waals surface area contributed by atoms with E-state index in [0.717, 1.165) is 19.1 Å². The minimum atomic E-state index is 0.866. The number of ether oxygens (including phenoxy) is 1. The highest BCUT2D eigenvalue weighted by molar-refractivity contribution is 5.21. The zero-order chi connectivity index (χ0) is 16.2. The molecule has 0 atom stereocenters. The van der Waals surface area contributed by atoms with Crippen molar-refractivity contribution in [2.75, 3.05) is 13.2 Å². The third-order valence-electron chi connectivity index (χ3n) is 5.20. The van der Waals surface area contributed by atoms with Crippen molar-refractivity contribution in [2.24, 2.45) is 5.92 Å². The van der Waals surface area contributed by atoms with Gasteiger partial charge in [-0.15, -0.1) is 0 Å². The first-order valence-corrected chi connectivity index (χ1v) is 9.98. The van der Waals surface area contributed by atoms with Crippen LogP contribution in [0.1, 0.15) is 81.8 Å². The van der Waals surface area contributed by atoms with Gasteiger partial charge < -0.3 is 4.74 Å². The molecule has 1 fully saturated rings. The molecule has 130 valence electrons. The van der Waals surface area contributed by atoms with E-state index in [-0.39, 0.29) is 0 Å². The van der Waals surface area contributed by atoms with E-state index in [1.807, 2.05) is 0 Å². The molecule has 0 amide bonds.